The van der Waals surface area contributed by atoms with E-state index in [1.807, 2.05) is 0 Å². The van der Waals surface area contributed by atoms with E-state index in [1.165, 1.54) is 12.1 Å². The van der Waals surface area contributed by atoms with Gasteiger partial charge in [-0.3, -0.25) is 10.1 Å². The van der Waals surface area contributed by atoms with Crippen molar-refractivity contribution in [2.75, 3.05) is 18.9 Å². The summed E-state index contributed by atoms with van der Waals surface area (Å²) in [5.41, 5.74) is 6.57. The maximum Gasteiger partial charge on any atom is 0.348 e. The number of aryl methyl sites for hydroxylation is 1. The Morgan fingerprint density at radius 1 is 1.18 bits per heavy atom. The van der Waals surface area contributed by atoms with E-state index in [1.54, 1.807) is 26.8 Å². The molecule has 0 radical (unpaired) electrons. The number of nitro groups is 1. The molecule has 0 aliphatic rings. The van der Waals surface area contributed by atoms with Crippen LogP contribution in [0.5, 0.6) is 5.75 Å². The van der Waals surface area contributed by atoms with Gasteiger partial charge in [0.1, 0.15) is 22.0 Å². The maximum atomic E-state index is 12.3. The van der Waals surface area contributed by atoms with Gasteiger partial charge in [-0.05, 0) is 32.4 Å². The minimum absolute atomic E-state index is 0.00432. The highest BCUT2D eigenvalue weighted by atomic mass is 32.1. The predicted molar refractivity (Wildman–Crippen MR) is 103 cm³/mol. The average Bonchev–Trinajstić information content (AvgIpc) is 2.97. The van der Waals surface area contributed by atoms with Crippen molar-refractivity contribution in [2.45, 2.75) is 27.4 Å². The molecule has 2 rings (SSSR count). The quantitative estimate of drug-likeness (QED) is 0.399. The van der Waals surface area contributed by atoms with E-state index in [4.69, 9.17) is 19.9 Å². The van der Waals surface area contributed by atoms with Crippen molar-refractivity contribution in [2.24, 2.45) is 0 Å². The predicted octanol–water partition coefficient (Wildman–Crippen LogP) is 3.48. The summed E-state index contributed by atoms with van der Waals surface area (Å²) < 4.78 is 15.6. The first-order chi connectivity index (χ1) is 13.3. The van der Waals surface area contributed by atoms with Crippen LogP contribution in [-0.2, 0) is 16.1 Å². The molecule has 1 aromatic carbocycles. The second kappa shape index (κ2) is 9.18. The molecular formula is C18H20N2O7S. The summed E-state index contributed by atoms with van der Waals surface area (Å²) in [5, 5.41) is 11.4. The molecule has 10 heteroatoms. The fourth-order valence-electron chi connectivity index (χ4n) is 2.45. The number of esters is 2. The third kappa shape index (κ3) is 4.58. The number of nitrogens with zero attached hydrogens (tertiary/aromatic N) is 1. The summed E-state index contributed by atoms with van der Waals surface area (Å²) in [6, 6.07) is 4.48. The Morgan fingerprint density at radius 2 is 1.82 bits per heavy atom. The van der Waals surface area contributed by atoms with E-state index >= 15 is 0 Å². The smallest absolute Gasteiger partial charge is 0.348 e. The van der Waals surface area contributed by atoms with E-state index in [9.17, 15) is 19.7 Å². The van der Waals surface area contributed by atoms with Crippen LogP contribution in [0.2, 0.25) is 0 Å². The van der Waals surface area contributed by atoms with E-state index in [-0.39, 0.29) is 52.3 Å². The van der Waals surface area contributed by atoms with Gasteiger partial charge in [0.05, 0.1) is 18.1 Å². The van der Waals surface area contributed by atoms with Gasteiger partial charge in [-0.1, -0.05) is 6.07 Å². The van der Waals surface area contributed by atoms with Crippen molar-refractivity contribution in [3.63, 3.8) is 0 Å². The Labute approximate surface area is 165 Å². The van der Waals surface area contributed by atoms with Gasteiger partial charge in [-0.25, -0.2) is 9.59 Å². The van der Waals surface area contributed by atoms with E-state index in [2.05, 4.69) is 0 Å². The zero-order valence-corrected chi connectivity index (χ0v) is 16.5. The molecule has 0 fully saturated rings. The Morgan fingerprint density at radius 3 is 2.43 bits per heavy atom. The molecule has 0 saturated heterocycles. The van der Waals surface area contributed by atoms with Gasteiger partial charge in [0.25, 0.3) is 0 Å². The average molecular weight is 408 g/mol. The summed E-state index contributed by atoms with van der Waals surface area (Å²) >= 11 is 0.880. The second-order valence-corrected chi connectivity index (χ2v) is 6.66. The fraction of sp³-hybridized carbons (Fsp3) is 0.333. The van der Waals surface area contributed by atoms with Crippen LogP contribution in [-0.4, -0.2) is 30.1 Å². The number of hydrogen-bond donors (Lipinski definition) is 1. The van der Waals surface area contributed by atoms with Crippen LogP contribution in [0.4, 0.5) is 10.7 Å². The molecule has 0 saturated carbocycles. The monoisotopic (exact) mass is 408 g/mol. The third-order valence-corrected chi connectivity index (χ3v) is 4.70. The van der Waals surface area contributed by atoms with Crippen LogP contribution in [0, 0.1) is 17.0 Å². The lowest BCUT2D eigenvalue weighted by atomic mass is 10.1. The van der Waals surface area contributed by atoms with Gasteiger partial charge in [-0.15, -0.1) is 11.3 Å². The highest BCUT2D eigenvalue weighted by Gasteiger charge is 2.28. The maximum absolute atomic E-state index is 12.3. The molecule has 0 aliphatic carbocycles. The fourth-order valence-corrected chi connectivity index (χ4v) is 3.41. The SMILES string of the molecule is CCOC(=O)c1sc(N)c(C(=O)OCC)c1COc1ccc(C)cc1[N+](=O)[O-]. The summed E-state index contributed by atoms with van der Waals surface area (Å²) in [4.78, 5) is 35.4. The lowest BCUT2D eigenvalue weighted by Crippen LogP contribution is -2.13. The van der Waals surface area contributed by atoms with Crippen molar-refractivity contribution in [1.82, 2.24) is 0 Å². The number of nitro benzene ring substituents is 1. The first-order valence-corrected chi connectivity index (χ1v) is 9.24. The molecule has 2 aromatic rings. The van der Waals surface area contributed by atoms with Gasteiger partial charge in [0, 0.05) is 11.6 Å². The number of carbonyl (C=O) groups excluding carboxylic acids is 2. The van der Waals surface area contributed by atoms with E-state index < -0.39 is 16.9 Å². The first-order valence-electron chi connectivity index (χ1n) is 8.43. The Hall–Kier alpha value is -3.14. The number of hydrogen-bond acceptors (Lipinski definition) is 9. The first kappa shape index (κ1) is 21.2. The summed E-state index contributed by atoms with van der Waals surface area (Å²) in [6.07, 6.45) is 0. The molecule has 0 atom stereocenters. The van der Waals surface area contributed by atoms with Crippen molar-refractivity contribution in [3.8, 4) is 5.75 Å². The van der Waals surface area contributed by atoms with Gasteiger partial charge < -0.3 is 19.9 Å². The van der Waals surface area contributed by atoms with Gasteiger partial charge in [0.2, 0.25) is 0 Å². The molecule has 0 amide bonds. The lowest BCUT2D eigenvalue weighted by Gasteiger charge is -2.10. The summed E-state index contributed by atoms with van der Waals surface area (Å²) in [5.74, 6) is -1.36. The van der Waals surface area contributed by atoms with E-state index in [0.717, 1.165) is 11.3 Å². The number of rotatable bonds is 8. The summed E-state index contributed by atoms with van der Waals surface area (Å²) in [6.45, 7) is 4.96. The highest BCUT2D eigenvalue weighted by Crippen LogP contribution is 2.35. The number of anilines is 1. The largest absolute Gasteiger partial charge is 0.482 e. The number of benzene rings is 1. The van der Waals surface area contributed by atoms with Crippen LogP contribution >= 0.6 is 11.3 Å². The van der Waals surface area contributed by atoms with Crippen LogP contribution in [0.3, 0.4) is 0 Å². The van der Waals surface area contributed by atoms with Gasteiger partial charge >= 0.3 is 17.6 Å². The molecule has 0 unspecified atom stereocenters. The molecule has 2 N–H and O–H groups in total. The summed E-state index contributed by atoms with van der Waals surface area (Å²) in [7, 11) is 0. The molecule has 0 bridgehead atoms. The third-order valence-electron chi connectivity index (χ3n) is 3.66. The zero-order chi connectivity index (χ0) is 20.8. The van der Waals surface area contributed by atoms with Crippen molar-refractivity contribution >= 4 is 34.0 Å². The zero-order valence-electron chi connectivity index (χ0n) is 15.6. The minimum Gasteiger partial charge on any atom is -0.482 e. The molecular weight excluding hydrogens is 388 g/mol. The number of nitrogen functional groups attached to an aromatic ring is 1. The Bertz CT molecular complexity index is 908. The number of carbonyl (C=O) groups is 2. The molecule has 1 heterocycles. The van der Waals surface area contributed by atoms with Crippen molar-refractivity contribution in [3.05, 3.63) is 49.9 Å². The molecule has 28 heavy (non-hydrogen) atoms. The van der Waals surface area contributed by atoms with E-state index in [0.29, 0.717) is 5.56 Å². The van der Waals surface area contributed by atoms with Crippen LogP contribution in [0.15, 0.2) is 18.2 Å². The van der Waals surface area contributed by atoms with Crippen LogP contribution in [0.1, 0.15) is 45.0 Å². The second-order valence-electron chi connectivity index (χ2n) is 5.61. The minimum atomic E-state index is -0.705. The molecule has 0 aliphatic heterocycles. The Kier molecular flexibility index (Phi) is 6.94. The number of nitrogens with two attached hydrogens (primary N) is 1. The van der Waals surface area contributed by atoms with Gasteiger partial charge in [-0.2, -0.15) is 0 Å². The van der Waals surface area contributed by atoms with Crippen LogP contribution in [0.25, 0.3) is 0 Å². The molecule has 150 valence electrons. The van der Waals surface area contributed by atoms with Gasteiger partial charge in [0.15, 0.2) is 5.75 Å². The number of ether oxygens (including phenoxy) is 3. The topological polar surface area (TPSA) is 131 Å². The highest BCUT2D eigenvalue weighted by molar-refractivity contribution is 7.18. The normalized spacial score (nSPS) is 10.4. The standard InChI is InChI=1S/C18H20N2O7S/c1-4-25-17(21)14-11(15(28-16(14)19)18(22)26-5-2)9-27-13-7-6-10(3)8-12(13)20(23)24/h6-8H,4-5,9,19H2,1-3H3. The Balaban J connectivity index is 2.44. The van der Waals surface area contributed by atoms with Crippen molar-refractivity contribution in [1.29, 1.82) is 0 Å². The van der Waals surface area contributed by atoms with Crippen molar-refractivity contribution < 1.29 is 28.7 Å². The molecule has 0 spiro atoms. The van der Waals surface area contributed by atoms with Crippen LogP contribution < -0.4 is 10.5 Å². The number of thiophene rings is 1. The lowest BCUT2D eigenvalue weighted by molar-refractivity contribution is -0.386. The molecule has 1 aromatic heterocycles. The molecule has 9 nitrogen and oxygen atoms in total.